The van der Waals surface area contributed by atoms with Crippen molar-refractivity contribution in [1.29, 1.82) is 0 Å². The molecule has 0 saturated heterocycles. The molecule has 6 nitrogen and oxygen atoms in total. The number of nitrogens with zero attached hydrogens (tertiary/aromatic N) is 1. The van der Waals surface area contributed by atoms with E-state index in [1.807, 2.05) is 0 Å². The van der Waals surface area contributed by atoms with Crippen LogP contribution in [0.5, 0.6) is 0 Å². The second-order valence-corrected chi connectivity index (χ2v) is 4.24. The van der Waals surface area contributed by atoms with E-state index in [0.717, 1.165) is 12.1 Å². The van der Waals surface area contributed by atoms with Gasteiger partial charge in [0.15, 0.2) is 17.3 Å². The van der Waals surface area contributed by atoms with Gasteiger partial charge in [0.2, 0.25) is 0 Å². The predicted molar refractivity (Wildman–Crippen MR) is 66.5 cm³/mol. The Balaban J connectivity index is 2.02. The molecule has 0 radical (unpaired) electrons. The number of benzene rings is 1. The van der Waals surface area contributed by atoms with Crippen LogP contribution >= 0.6 is 0 Å². The Morgan fingerprint density at radius 3 is 2.60 bits per heavy atom. The SMILES string of the molecule is O=c1[nH]c(=O)c2[nH]c(Cc3ccc(F)c(F)c3)nc2[nH]1. The molecule has 0 atom stereocenters. The van der Waals surface area contributed by atoms with Crippen molar-refractivity contribution in [3.63, 3.8) is 0 Å². The molecule has 0 aliphatic heterocycles. The fourth-order valence-electron chi connectivity index (χ4n) is 1.91. The summed E-state index contributed by atoms with van der Waals surface area (Å²) in [5.74, 6) is -1.53. The number of aromatic nitrogens is 4. The molecule has 0 saturated carbocycles. The van der Waals surface area contributed by atoms with E-state index in [4.69, 9.17) is 0 Å². The minimum absolute atomic E-state index is 0.122. The Hall–Kier alpha value is -2.77. The zero-order valence-electron chi connectivity index (χ0n) is 9.96. The molecule has 0 aliphatic carbocycles. The highest BCUT2D eigenvalue weighted by molar-refractivity contribution is 5.68. The average Bonchev–Trinajstić information content (AvgIpc) is 2.76. The summed E-state index contributed by atoms with van der Waals surface area (Å²) < 4.78 is 25.9. The first-order valence-corrected chi connectivity index (χ1v) is 5.68. The van der Waals surface area contributed by atoms with Crippen LogP contribution in [-0.2, 0) is 6.42 Å². The first-order chi connectivity index (χ1) is 9.52. The van der Waals surface area contributed by atoms with Crippen molar-refractivity contribution in [3.05, 3.63) is 62.1 Å². The third-order valence-corrected chi connectivity index (χ3v) is 2.79. The minimum Gasteiger partial charge on any atom is -0.336 e. The molecule has 1 aromatic carbocycles. The summed E-state index contributed by atoms with van der Waals surface area (Å²) >= 11 is 0. The second kappa shape index (κ2) is 4.41. The maximum atomic E-state index is 13.1. The number of halogens is 2. The number of nitrogens with one attached hydrogen (secondary N) is 3. The maximum Gasteiger partial charge on any atom is 0.327 e. The summed E-state index contributed by atoms with van der Waals surface area (Å²) in [5, 5.41) is 0. The molecular weight excluding hydrogens is 270 g/mol. The lowest BCUT2D eigenvalue weighted by Crippen LogP contribution is -2.21. The zero-order valence-corrected chi connectivity index (χ0v) is 9.96. The molecule has 3 N–H and O–H groups in total. The van der Waals surface area contributed by atoms with Crippen molar-refractivity contribution in [2.75, 3.05) is 0 Å². The Bertz CT molecular complexity index is 910. The van der Waals surface area contributed by atoms with Crippen LogP contribution in [0.15, 0.2) is 27.8 Å². The van der Waals surface area contributed by atoms with Gasteiger partial charge in [0.1, 0.15) is 11.3 Å². The van der Waals surface area contributed by atoms with Crippen molar-refractivity contribution in [2.24, 2.45) is 0 Å². The van der Waals surface area contributed by atoms with Gasteiger partial charge in [0.25, 0.3) is 5.56 Å². The Kier molecular flexibility index (Phi) is 2.70. The monoisotopic (exact) mass is 278 g/mol. The molecule has 0 spiro atoms. The summed E-state index contributed by atoms with van der Waals surface area (Å²) in [5.41, 5.74) is -0.513. The number of hydrogen-bond donors (Lipinski definition) is 3. The van der Waals surface area contributed by atoms with Crippen LogP contribution in [0.3, 0.4) is 0 Å². The number of imidazole rings is 1. The molecule has 102 valence electrons. The van der Waals surface area contributed by atoms with Gasteiger partial charge in [-0.3, -0.25) is 14.8 Å². The van der Waals surface area contributed by atoms with Gasteiger partial charge in [-0.2, -0.15) is 0 Å². The highest BCUT2D eigenvalue weighted by Crippen LogP contribution is 2.12. The van der Waals surface area contributed by atoms with Gasteiger partial charge in [0, 0.05) is 6.42 Å². The third-order valence-electron chi connectivity index (χ3n) is 2.79. The Morgan fingerprint density at radius 2 is 1.85 bits per heavy atom. The third kappa shape index (κ3) is 2.11. The molecule has 2 aromatic heterocycles. The quantitative estimate of drug-likeness (QED) is 0.647. The van der Waals surface area contributed by atoms with Gasteiger partial charge in [-0.05, 0) is 17.7 Å². The summed E-state index contributed by atoms with van der Waals surface area (Å²) in [6, 6.07) is 3.48. The van der Waals surface area contributed by atoms with E-state index in [9.17, 15) is 18.4 Å². The van der Waals surface area contributed by atoms with Gasteiger partial charge in [-0.25, -0.2) is 18.6 Å². The van der Waals surface area contributed by atoms with Crippen LogP contribution in [0.4, 0.5) is 8.78 Å². The van der Waals surface area contributed by atoms with Crippen molar-refractivity contribution in [1.82, 2.24) is 19.9 Å². The smallest absolute Gasteiger partial charge is 0.327 e. The van der Waals surface area contributed by atoms with Crippen molar-refractivity contribution in [2.45, 2.75) is 6.42 Å². The van der Waals surface area contributed by atoms with E-state index < -0.39 is 22.9 Å². The van der Waals surface area contributed by atoms with Crippen LogP contribution in [-0.4, -0.2) is 19.9 Å². The fourth-order valence-corrected chi connectivity index (χ4v) is 1.91. The minimum atomic E-state index is -0.954. The number of hydrogen-bond acceptors (Lipinski definition) is 3. The normalized spacial score (nSPS) is 11.1. The topological polar surface area (TPSA) is 94.4 Å². The lowest BCUT2D eigenvalue weighted by Gasteiger charge is -1.99. The molecule has 2 heterocycles. The van der Waals surface area contributed by atoms with Crippen LogP contribution < -0.4 is 11.2 Å². The fraction of sp³-hybridized carbons (Fsp3) is 0.0833. The van der Waals surface area contributed by atoms with Crippen LogP contribution in [0.1, 0.15) is 11.4 Å². The lowest BCUT2D eigenvalue weighted by molar-refractivity contribution is 0.507. The summed E-state index contributed by atoms with van der Waals surface area (Å²) in [6.07, 6.45) is 0.174. The standard InChI is InChI=1S/C12H8F2N4O2/c13-6-2-1-5(3-7(6)14)4-8-15-9-10(16-8)17-12(20)18-11(9)19/h1-3H,4H2,(H3,15,16,17,18,19,20). The molecule has 0 amide bonds. The van der Waals surface area contributed by atoms with Crippen LogP contribution in [0.25, 0.3) is 11.2 Å². The second-order valence-electron chi connectivity index (χ2n) is 4.24. The lowest BCUT2D eigenvalue weighted by atomic mass is 10.1. The first kappa shape index (κ1) is 12.3. The van der Waals surface area contributed by atoms with E-state index in [-0.39, 0.29) is 17.6 Å². The number of H-pyrrole nitrogens is 3. The van der Waals surface area contributed by atoms with Gasteiger partial charge >= 0.3 is 5.69 Å². The summed E-state index contributed by atoms with van der Waals surface area (Å²) in [6.45, 7) is 0. The van der Waals surface area contributed by atoms with Gasteiger partial charge < -0.3 is 4.98 Å². The largest absolute Gasteiger partial charge is 0.336 e. The van der Waals surface area contributed by atoms with E-state index >= 15 is 0 Å². The molecule has 3 rings (SSSR count). The number of fused-ring (bicyclic) bond motifs is 1. The highest BCUT2D eigenvalue weighted by Gasteiger charge is 2.09. The van der Waals surface area contributed by atoms with Crippen molar-refractivity contribution in [3.8, 4) is 0 Å². The first-order valence-electron chi connectivity index (χ1n) is 5.68. The Labute approximate surface area is 109 Å². The molecular formula is C12H8F2N4O2. The zero-order chi connectivity index (χ0) is 14.3. The summed E-state index contributed by atoms with van der Waals surface area (Å²) in [7, 11) is 0. The molecule has 20 heavy (non-hydrogen) atoms. The molecule has 0 unspecified atom stereocenters. The van der Waals surface area contributed by atoms with Gasteiger partial charge in [0.05, 0.1) is 0 Å². The molecule has 0 aliphatic rings. The highest BCUT2D eigenvalue weighted by atomic mass is 19.2. The van der Waals surface area contributed by atoms with E-state index in [1.165, 1.54) is 6.07 Å². The van der Waals surface area contributed by atoms with E-state index in [1.54, 1.807) is 0 Å². The van der Waals surface area contributed by atoms with Crippen LogP contribution in [0, 0.1) is 11.6 Å². The molecule has 0 fully saturated rings. The molecule has 3 aromatic rings. The molecule has 0 bridgehead atoms. The number of rotatable bonds is 2. The van der Waals surface area contributed by atoms with Crippen molar-refractivity contribution < 1.29 is 8.78 Å². The Morgan fingerprint density at radius 1 is 1.05 bits per heavy atom. The van der Waals surface area contributed by atoms with Crippen LogP contribution in [0.2, 0.25) is 0 Å². The van der Waals surface area contributed by atoms with Crippen molar-refractivity contribution >= 4 is 11.2 Å². The van der Waals surface area contributed by atoms with E-state index in [0.29, 0.717) is 11.4 Å². The van der Waals surface area contributed by atoms with Gasteiger partial charge in [-0.1, -0.05) is 6.07 Å². The van der Waals surface area contributed by atoms with E-state index in [2.05, 4.69) is 19.9 Å². The summed E-state index contributed by atoms with van der Waals surface area (Å²) in [4.78, 5) is 33.8. The predicted octanol–water partition coefficient (Wildman–Crippen LogP) is 0.808. The van der Waals surface area contributed by atoms with Gasteiger partial charge in [-0.15, -0.1) is 0 Å². The number of aromatic amines is 3. The molecule has 8 heteroatoms. The average molecular weight is 278 g/mol. The maximum absolute atomic E-state index is 13.1.